The summed E-state index contributed by atoms with van der Waals surface area (Å²) in [5.74, 6) is 1.47. The summed E-state index contributed by atoms with van der Waals surface area (Å²) < 4.78 is 25.0. The minimum atomic E-state index is -0.245. The van der Waals surface area contributed by atoms with E-state index in [4.69, 9.17) is 14.1 Å². The van der Waals surface area contributed by atoms with E-state index in [0.717, 1.165) is 68.4 Å². The van der Waals surface area contributed by atoms with Gasteiger partial charge in [-0.15, -0.1) is 0 Å². The number of halogens is 1. The second kappa shape index (κ2) is 6.91. The van der Waals surface area contributed by atoms with Crippen LogP contribution in [-0.2, 0) is 11.3 Å². The van der Waals surface area contributed by atoms with Crippen LogP contribution in [0.15, 0.2) is 27.6 Å². The number of nitrogens with zero attached hydrogens (tertiary/aromatic N) is 2. The minimum Gasteiger partial charge on any atom is -0.459 e. The van der Waals surface area contributed by atoms with Gasteiger partial charge in [0, 0.05) is 42.6 Å². The molecule has 3 heterocycles. The molecule has 2 aromatic rings. The Kier molecular flexibility index (Phi) is 4.61. The lowest BCUT2D eigenvalue weighted by atomic mass is 9.87. The van der Waals surface area contributed by atoms with Gasteiger partial charge < -0.3 is 19.4 Å². The highest BCUT2D eigenvalue weighted by atomic mass is 19.1. The van der Waals surface area contributed by atoms with E-state index in [9.17, 15) is 4.39 Å². The lowest BCUT2D eigenvalue weighted by Crippen LogP contribution is -2.41. The SMILES string of the molecule is CCNC(=NCc1oc2ccc(F)cc2c1C)N1CCC2(CCOC2)C1. The molecule has 0 aliphatic carbocycles. The summed E-state index contributed by atoms with van der Waals surface area (Å²) in [6.07, 6.45) is 2.29. The molecule has 1 spiro atoms. The number of aliphatic imine (C=N–C) groups is 1. The van der Waals surface area contributed by atoms with Crippen LogP contribution in [0.2, 0.25) is 0 Å². The fourth-order valence-electron chi connectivity index (χ4n) is 4.05. The van der Waals surface area contributed by atoms with Crippen molar-refractivity contribution >= 4 is 16.9 Å². The summed E-state index contributed by atoms with van der Waals surface area (Å²) >= 11 is 0. The summed E-state index contributed by atoms with van der Waals surface area (Å²) in [7, 11) is 0. The zero-order valence-corrected chi connectivity index (χ0v) is 15.5. The lowest BCUT2D eigenvalue weighted by molar-refractivity contribution is 0.156. The zero-order valence-electron chi connectivity index (χ0n) is 15.5. The molecule has 6 heteroatoms. The van der Waals surface area contributed by atoms with Gasteiger partial charge in [0.05, 0.1) is 6.61 Å². The third-order valence-electron chi connectivity index (χ3n) is 5.63. The van der Waals surface area contributed by atoms with Crippen molar-refractivity contribution in [3.05, 3.63) is 35.3 Å². The molecule has 0 amide bonds. The van der Waals surface area contributed by atoms with E-state index in [2.05, 4.69) is 17.1 Å². The smallest absolute Gasteiger partial charge is 0.194 e. The number of rotatable bonds is 3. The molecule has 2 saturated heterocycles. The van der Waals surface area contributed by atoms with Crippen LogP contribution in [0.3, 0.4) is 0 Å². The van der Waals surface area contributed by atoms with Crippen molar-refractivity contribution in [3.8, 4) is 0 Å². The van der Waals surface area contributed by atoms with E-state index in [1.165, 1.54) is 12.1 Å². The molecule has 26 heavy (non-hydrogen) atoms. The Bertz CT molecular complexity index is 824. The summed E-state index contributed by atoms with van der Waals surface area (Å²) in [4.78, 5) is 7.13. The van der Waals surface area contributed by atoms with Crippen molar-refractivity contribution < 1.29 is 13.5 Å². The van der Waals surface area contributed by atoms with Crippen molar-refractivity contribution in [1.29, 1.82) is 0 Å². The van der Waals surface area contributed by atoms with E-state index in [1.54, 1.807) is 6.07 Å². The third kappa shape index (κ3) is 3.18. The predicted octanol–water partition coefficient (Wildman–Crippen LogP) is 3.46. The van der Waals surface area contributed by atoms with Crippen LogP contribution >= 0.6 is 0 Å². The Hall–Kier alpha value is -2.08. The number of likely N-dealkylation sites (tertiary alicyclic amines) is 1. The maximum atomic E-state index is 13.5. The highest BCUT2D eigenvalue weighted by molar-refractivity contribution is 5.83. The topological polar surface area (TPSA) is 50.0 Å². The fourth-order valence-corrected chi connectivity index (χ4v) is 4.05. The molecule has 0 bridgehead atoms. The summed E-state index contributed by atoms with van der Waals surface area (Å²) in [6.45, 7) is 9.03. The Morgan fingerprint density at radius 2 is 2.27 bits per heavy atom. The molecule has 2 aliphatic rings. The van der Waals surface area contributed by atoms with Gasteiger partial charge in [0.2, 0.25) is 0 Å². The van der Waals surface area contributed by atoms with Gasteiger partial charge in [-0.3, -0.25) is 0 Å². The van der Waals surface area contributed by atoms with Crippen LogP contribution in [-0.4, -0.2) is 43.7 Å². The quantitative estimate of drug-likeness (QED) is 0.674. The molecule has 0 radical (unpaired) electrons. The van der Waals surface area contributed by atoms with Crippen LogP contribution in [0.5, 0.6) is 0 Å². The first-order chi connectivity index (χ1) is 12.6. The first kappa shape index (κ1) is 17.3. The molecule has 1 N–H and O–H groups in total. The second-order valence-electron chi connectivity index (χ2n) is 7.44. The van der Waals surface area contributed by atoms with E-state index >= 15 is 0 Å². The molecule has 5 nitrogen and oxygen atoms in total. The number of guanidine groups is 1. The average molecular weight is 359 g/mol. The Morgan fingerprint density at radius 3 is 3.04 bits per heavy atom. The third-order valence-corrected chi connectivity index (χ3v) is 5.63. The first-order valence-corrected chi connectivity index (χ1v) is 9.39. The van der Waals surface area contributed by atoms with Crippen molar-refractivity contribution in [3.63, 3.8) is 0 Å². The molecule has 1 unspecified atom stereocenters. The van der Waals surface area contributed by atoms with E-state index in [-0.39, 0.29) is 5.82 Å². The Balaban J connectivity index is 1.54. The van der Waals surface area contributed by atoms with Gasteiger partial charge in [-0.1, -0.05) is 0 Å². The molecule has 2 aliphatic heterocycles. The fraction of sp³-hybridized carbons (Fsp3) is 0.550. The van der Waals surface area contributed by atoms with Crippen LogP contribution in [0.25, 0.3) is 11.0 Å². The molecular formula is C20H26FN3O2. The van der Waals surface area contributed by atoms with Crippen LogP contribution < -0.4 is 5.32 Å². The van der Waals surface area contributed by atoms with E-state index in [0.29, 0.717) is 17.5 Å². The maximum Gasteiger partial charge on any atom is 0.194 e. The van der Waals surface area contributed by atoms with Gasteiger partial charge in [-0.05, 0) is 44.9 Å². The highest BCUT2D eigenvalue weighted by Gasteiger charge is 2.42. The molecule has 140 valence electrons. The number of fused-ring (bicyclic) bond motifs is 1. The van der Waals surface area contributed by atoms with Gasteiger partial charge in [-0.25, -0.2) is 9.38 Å². The monoisotopic (exact) mass is 359 g/mol. The molecule has 1 aromatic carbocycles. The van der Waals surface area contributed by atoms with Gasteiger partial charge in [0.25, 0.3) is 0 Å². The number of hydrogen-bond donors (Lipinski definition) is 1. The summed E-state index contributed by atoms with van der Waals surface area (Å²) in [5, 5.41) is 4.22. The van der Waals surface area contributed by atoms with Crippen LogP contribution in [0, 0.1) is 18.2 Å². The lowest BCUT2D eigenvalue weighted by Gasteiger charge is -2.24. The molecule has 4 rings (SSSR count). The first-order valence-electron chi connectivity index (χ1n) is 9.39. The minimum absolute atomic E-state index is 0.245. The molecule has 1 atom stereocenters. The highest BCUT2D eigenvalue weighted by Crippen LogP contribution is 2.38. The number of nitrogens with one attached hydrogen (secondary N) is 1. The Labute approximate surface area is 153 Å². The molecular weight excluding hydrogens is 333 g/mol. The Morgan fingerprint density at radius 1 is 1.38 bits per heavy atom. The van der Waals surface area contributed by atoms with Gasteiger partial charge in [0.15, 0.2) is 5.96 Å². The van der Waals surface area contributed by atoms with Gasteiger partial charge in [-0.2, -0.15) is 0 Å². The number of hydrogen-bond acceptors (Lipinski definition) is 3. The van der Waals surface area contributed by atoms with Crippen molar-refractivity contribution in [2.45, 2.75) is 33.2 Å². The largest absolute Gasteiger partial charge is 0.459 e. The molecule has 0 saturated carbocycles. The standard InChI is InChI=1S/C20H26FN3O2/c1-3-22-19(24-8-6-20(12-24)7-9-25-13-20)23-11-18-14(2)16-10-15(21)4-5-17(16)26-18/h4-5,10H,3,6-9,11-13H2,1-2H3,(H,22,23). The normalized spacial score (nSPS) is 23.5. The van der Waals surface area contributed by atoms with Crippen molar-refractivity contribution in [1.82, 2.24) is 10.2 Å². The van der Waals surface area contributed by atoms with Crippen molar-refractivity contribution in [2.24, 2.45) is 10.4 Å². The van der Waals surface area contributed by atoms with E-state index in [1.807, 2.05) is 6.92 Å². The van der Waals surface area contributed by atoms with Crippen LogP contribution in [0.4, 0.5) is 4.39 Å². The van der Waals surface area contributed by atoms with Gasteiger partial charge >= 0.3 is 0 Å². The van der Waals surface area contributed by atoms with Crippen molar-refractivity contribution in [2.75, 3.05) is 32.8 Å². The number of furan rings is 1. The van der Waals surface area contributed by atoms with E-state index < -0.39 is 0 Å². The zero-order chi connectivity index (χ0) is 18.1. The molecule has 2 fully saturated rings. The number of benzene rings is 1. The summed E-state index contributed by atoms with van der Waals surface area (Å²) in [6, 6.07) is 4.63. The summed E-state index contributed by atoms with van der Waals surface area (Å²) in [5.41, 5.74) is 1.96. The predicted molar refractivity (Wildman–Crippen MR) is 99.8 cm³/mol. The average Bonchev–Trinajstić information content (AvgIpc) is 3.34. The maximum absolute atomic E-state index is 13.5. The van der Waals surface area contributed by atoms with Gasteiger partial charge in [0.1, 0.15) is 23.7 Å². The van der Waals surface area contributed by atoms with Crippen LogP contribution in [0.1, 0.15) is 31.1 Å². The number of ether oxygens (including phenoxy) is 1. The number of aryl methyl sites for hydroxylation is 1. The molecule has 1 aromatic heterocycles. The second-order valence-corrected chi connectivity index (χ2v) is 7.44.